The maximum absolute atomic E-state index is 13.1. The number of methoxy groups -OCH3 is 3. The molecule has 1 atom stereocenters. The van der Waals surface area contributed by atoms with Crippen molar-refractivity contribution in [3.05, 3.63) is 65.7 Å². The van der Waals surface area contributed by atoms with Gasteiger partial charge in [-0.05, 0) is 36.2 Å². The van der Waals surface area contributed by atoms with Gasteiger partial charge in [-0.3, -0.25) is 9.69 Å². The summed E-state index contributed by atoms with van der Waals surface area (Å²) in [6.45, 7) is 7.25. The summed E-state index contributed by atoms with van der Waals surface area (Å²) in [7, 11) is 4.81. The van der Waals surface area contributed by atoms with Crippen LogP contribution in [0.25, 0.3) is 0 Å². The Hall–Kier alpha value is -3.03. The fraction of sp³-hybridized carbons (Fsp3) is 0.400. The molecule has 32 heavy (non-hydrogen) atoms. The molecule has 1 amide bonds. The molecule has 7 heteroatoms. The SMILES string of the molecule is C=CCc1cc(C(=O)NCC(c2ccc(OC)cc2)N2CCOCC2)cc(OC)c1OC. The summed E-state index contributed by atoms with van der Waals surface area (Å²) >= 11 is 0. The van der Waals surface area contributed by atoms with E-state index in [9.17, 15) is 4.79 Å². The maximum Gasteiger partial charge on any atom is 0.251 e. The van der Waals surface area contributed by atoms with Crippen LogP contribution in [-0.2, 0) is 11.2 Å². The van der Waals surface area contributed by atoms with Gasteiger partial charge in [-0.25, -0.2) is 0 Å². The van der Waals surface area contributed by atoms with Crippen LogP contribution in [0.3, 0.4) is 0 Å². The van der Waals surface area contributed by atoms with Crippen molar-refractivity contribution in [2.24, 2.45) is 0 Å². The number of ether oxygens (including phenoxy) is 4. The van der Waals surface area contributed by atoms with Crippen LogP contribution in [0, 0.1) is 0 Å². The molecule has 1 aliphatic heterocycles. The summed E-state index contributed by atoms with van der Waals surface area (Å²) in [5.41, 5.74) is 2.49. The average molecular weight is 441 g/mol. The third-order valence-corrected chi connectivity index (χ3v) is 5.63. The van der Waals surface area contributed by atoms with Gasteiger partial charge < -0.3 is 24.3 Å². The molecular weight excluding hydrogens is 408 g/mol. The first kappa shape index (κ1) is 23.6. The van der Waals surface area contributed by atoms with Gasteiger partial charge in [0.25, 0.3) is 5.91 Å². The van der Waals surface area contributed by atoms with E-state index in [0.29, 0.717) is 43.2 Å². The van der Waals surface area contributed by atoms with Crippen molar-refractivity contribution in [1.82, 2.24) is 10.2 Å². The number of hydrogen-bond donors (Lipinski definition) is 1. The Morgan fingerprint density at radius 2 is 1.84 bits per heavy atom. The van der Waals surface area contributed by atoms with Crippen LogP contribution in [0.2, 0.25) is 0 Å². The highest BCUT2D eigenvalue weighted by Crippen LogP contribution is 2.33. The lowest BCUT2D eigenvalue weighted by Crippen LogP contribution is -2.43. The number of amides is 1. The van der Waals surface area contributed by atoms with Gasteiger partial charge in [0.05, 0.1) is 40.6 Å². The van der Waals surface area contributed by atoms with Gasteiger partial charge in [-0.2, -0.15) is 0 Å². The minimum atomic E-state index is -0.164. The molecule has 0 saturated carbocycles. The number of benzene rings is 2. The predicted octanol–water partition coefficient (Wildman–Crippen LogP) is 3.24. The van der Waals surface area contributed by atoms with Crippen molar-refractivity contribution < 1.29 is 23.7 Å². The number of allylic oxidation sites excluding steroid dienone is 1. The van der Waals surface area contributed by atoms with E-state index in [-0.39, 0.29) is 11.9 Å². The van der Waals surface area contributed by atoms with Gasteiger partial charge >= 0.3 is 0 Å². The second kappa shape index (κ2) is 11.5. The minimum Gasteiger partial charge on any atom is -0.497 e. The highest BCUT2D eigenvalue weighted by atomic mass is 16.5. The van der Waals surface area contributed by atoms with Gasteiger partial charge in [0.15, 0.2) is 11.5 Å². The lowest BCUT2D eigenvalue weighted by Gasteiger charge is -2.35. The predicted molar refractivity (Wildman–Crippen MR) is 124 cm³/mol. The average Bonchev–Trinajstić information content (AvgIpc) is 2.84. The molecule has 0 aromatic heterocycles. The van der Waals surface area contributed by atoms with Crippen molar-refractivity contribution in [3.63, 3.8) is 0 Å². The summed E-state index contributed by atoms with van der Waals surface area (Å²) in [6.07, 6.45) is 2.35. The van der Waals surface area contributed by atoms with Crippen molar-refractivity contribution in [3.8, 4) is 17.2 Å². The highest BCUT2D eigenvalue weighted by molar-refractivity contribution is 5.95. The number of carbonyl (C=O) groups excluding carboxylic acids is 1. The van der Waals surface area contributed by atoms with Gasteiger partial charge in [0.1, 0.15) is 5.75 Å². The van der Waals surface area contributed by atoms with Gasteiger partial charge in [-0.1, -0.05) is 18.2 Å². The summed E-state index contributed by atoms with van der Waals surface area (Å²) in [5, 5.41) is 3.11. The third-order valence-electron chi connectivity index (χ3n) is 5.63. The largest absolute Gasteiger partial charge is 0.497 e. The molecule has 1 saturated heterocycles. The molecule has 2 aromatic carbocycles. The van der Waals surface area contributed by atoms with E-state index >= 15 is 0 Å². The molecule has 7 nitrogen and oxygen atoms in total. The molecular formula is C25H32N2O5. The molecule has 1 aliphatic rings. The zero-order valence-corrected chi connectivity index (χ0v) is 19.1. The lowest BCUT2D eigenvalue weighted by atomic mass is 10.0. The van der Waals surface area contributed by atoms with E-state index in [1.807, 2.05) is 30.3 Å². The first-order valence-electron chi connectivity index (χ1n) is 10.7. The monoisotopic (exact) mass is 440 g/mol. The van der Waals surface area contributed by atoms with E-state index < -0.39 is 0 Å². The van der Waals surface area contributed by atoms with E-state index in [1.54, 1.807) is 33.5 Å². The molecule has 1 fully saturated rings. The molecule has 0 bridgehead atoms. The smallest absolute Gasteiger partial charge is 0.251 e. The van der Waals surface area contributed by atoms with Crippen LogP contribution in [0.15, 0.2) is 49.1 Å². The van der Waals surface area contributed by atoms with E-state index in [0.717, 1.165) is 30.0 Å². The minimum absolute atomic E-state index is 0.0292. The topological polar surface area (TPSA) is 69.3 Å². The number of hydrogen-bond acceptors (Lipinski definition) is 6. The number of nitrogens with zero attached hydrogens (tertiary/aromatic N) is 1. The van der Waals surface area contributed by atoms with Crippen LogP contribution in [-0.4, -0.2) is 65.0 Å². The normalized spacial score (nSPS) is 15.0. The standard InChI is InChI=1S/C25H32N2O5/c1-5-6-19-15-20(16-23(30-3)24(19)31-4)25(28)26-17-22(27-11-13-32-14-12-27)18-7-9-21(29-2)10-8-18/h5,7-10,15-16,22H,1,6,11-14,17H2,2-4H3,(H,26,28). The summed E-state index contributed by atoms with van der Waals surface area (Å²) in [6, 6.07) is 11.5. The Bertz CT molecular complexity index is 907. The van der Waals surface area contributed by atoms with Crippen molar-refractivity contribution in [1.29, 1.82) is 0 Å². The van der Waals surface area contributed by atoms with Crippen LogP contribution >= 0.6 is 0 Å². The Kier molecular flexibility index (Phi) is 8.53. The molecule has 2 aromatic rings. The number of rotatable bonds is 10. The molecule has 1 unspecified atom stereocenters. The molecule has 1 heterocycles. The first-order chi connectivity index (χ1) is 15.6. The second-order valence-electron chi connectivity index (χ2n) is 7.51. The zero-order valence-electron chi connectivity index (χ0n) is 19.1. The zero-order chi connectivity index (χ0) is 22.9. The maximum atomic E-state index is 13.1. The van der Waals surface area contributed by atoms with Gasteiger partial charge in [0.2, 0.25) is 0 Å². The Morgan fingerprint density at radius 1 is 1.12 bits per heavy atom. The summed E-state index contributed by atoms with van der Waals surface area (Å²) < 4.78 is 21.7. The number of nitrogens with one attached hydrogen (secondary N) is 1. The highest BCUT2D eigenvalue weighted by Gasteiger charge is 2.24. The lowest BCUT2D eigenvalue weighted by molar-refractivity contribution is 0.0162. The first-order valence-corrected chi connectivity index (χ1v) is 10.7. The molecule has 172 valence electrons. The Balaban J connectivity index is 1.81. The molecule has 0 spiro atoms. The van der Waals surface area contributed by atoms with Crippen molar-refractivity contribution in [2.45, 2.75) is 12.5 Å². The Labute approximate surface area is 189 Å². The van der Waals surface area contributed by atoms with E-state index in [4.69, 9.17) is 18.9 Å². The second-order valence-corrected chi connectivity index (χ2v) is 7.51. The summed E-state index contributed by atoms with van der Waals surface area (Å²) in [5.74, 6) is 1.78. The van der Waals surface area contributed by atoms with Crippen LogP contribution in [0.1, 0.15) is 27.5 Å². The quantitative estimate of drug-likeness (QED) is 0.572. The van der Waals surface area contributed by atoms with E-state index in [2.05, 4.69) is 16.8 Å². The van der Waals surface area contributed by atoms with Crippen LogP contribution in [0.4, 0.5) is 0 Å². The number of morpholine rings is 1. The van der Waals surface area contributed by atoms with E-state index in [1.165, 1.54) is 0 Å². The molecule has 3 rings (SSSR count). The molecule has 0 aliphatic carbocycles. The molecule has 0 radical (unpaired) electrons. The fourth-order valence-corrected chi connectivity index (χ4v) is 3.95. The van der Waals surface area contributed by atoms with Crippen molar-refractivity contribution >= 4 is 5.91 Å². The van der Waals surface area contributed by atoms with Gasteiger partial charge in [0, 0.05) is 30.8 Å². The third kappa shape index (κ3) is 5.60. The molecule has 1 N–H and O–H groups in total. The summed E-state index contributed by atoms with van der Waals surface area (Å²) in [4.78, 5) is 15.4. The number of carbonyl (C=O) groups is 1. The van der Waals surface area contributed by atoms with Gasteiger partial charge in [-0.15, -0.1) is 6.58 Å². The van der Waals surface area contributed by atoms with Crippen molar-refractivity contribution in [2.75, 3.05) is 54.2 Å². The Morgan fingerprint density at radius 3 is 2.44 bits per heavy atom. The fourth-order valence-electron chi connectivity index (χ4n) is 3.95. The van der Waals surface area contributed by atoms with Crippen LogP contribution in [0.5, 0.6) is 17.2 Å². The van der Waals surface area contributed by atoms with Crippen LogP contribution < -0.4 is 19.5 Å².